The number of nitrogens with two attached hydrogens (primary N) is 1. The van der Waals surface area contributed by atoms with Gasteiger partial charge in [0.15, 0.2) is 0 Å². The molecule has 0 aliphatic carbocycles. The van der Waals surface area contributed by atoms with E-state index in [0.717, 1.165) is 51.5 Å². The number of hydrogen-bond acceptors (Lipinski definition) is 5. The highest BCUT2D eigenvalue weighted by Gasteiger charge is 2.20. The molecule has 1 aliphatic rings. The van der Waals surface area contributed by atoms with Gasteiger partial charge in [-0.3, -0.25) is 9.36 Å². The molecule has 1 fully saturated rings. The van der Waals surface area contributed by atoms with Crippen molar-refractivity contribution in [1.29, 1.82) is 0 Å². The van der Waals surface area contributed by atoms with Crippen LogP contribution >= 0.6 is 22.9 Å². The number of fused-ring (bicyclic) bond motifs is 1. The van der Waals surface area contributed by atoms with E-state index in [9.17, 15) is 4.79 Å². The van der Waals surface area contributed by atoms with Crippen molar-refractivity contribution in [1.82, 2.24) is 9.55 Å². The molecular formula is C22H19ClN4OS. The second-order valence-corrected chi connectivity index (χ2v) is 8.75. The first-order chi connectivity index (χ1) is 14.1. The van der Waals surface area contributed by atoms with E-state index >= 15 is 0 Å². The van der Waals surface area contributed by atoms with Crippen molar-refractivity contribution in [3.8, 4) is 16.1 Å². The lowest BCUT2D eigenvalue weighted by atomic mass is 10.2. The SMILES string of the molecule is NC1CCN(c2ccc(-n3ccc4cc(-c5ccc(Cl)cc5)sc4c3=O)cn2)C1. The number of pyridine rings is 2. The number of benzene rings is 1. The zero-order valence-corrected chi connectivity index (χ0v) is 17.2. The van der Waals surface area contributed by atoms with Crippen LogP contribution in [0.1, 0.15) is 6.42 Å². The van der Waals surface area contributed by atoms with Crippen LogP contribution in [0.15, 0.2) is 65.7 Å². The van der Waals surface area contributed by atoms with Crippen molar-refractivity contribution < 1.29 is 0 Å². The quantitative estimate of drug-likeness (QED) is 0.534. The smallest absolute Gasteiger partial charge is 0.273 e. The van der Waals surface area contributed by atoms with Gasteiger partial charge in [-0.05, 0) is 48.4 Å². The highest BCUT2D eigenvalue weighted by molar-refractivity contribution is 7.22. The van der Waals surface area contributed by atoms with E-state index in [2.05, 4.69) is 9.88 Å². The molecule has 1 unspecified atom stereocenters. The summed E-state index contributed by atoms with van der Waals surface area (Å²) in [5, 5.41) is 1.64. The van der Waals surface area contributed by atoms with Crippen LogP contribution in [0, 0.1) is 0 Å². The molecule has 0 bridgehead atoms. The van der Waals surface area contributed by atoms with Crippen LogP contribution in [0.4, 0.5) is 5.82 Å². The maximum Gasteiger partial charge on any atom is 0.273 e. The third-order valence-electron chi connectivity index (χ3n) is 5.26. The number of halogens is 1. The topological polar surface area (TPSA) is 64.2 Å². The van der Waals surface area contributed by atoms with Crippen LogP contribution < -0.4 is 16.2 Å². The van der Waals surface area contributed by atoms with E-state index in [0.29, 0.717) is 5.02 Å². The Bertz CT molecular complexity index is 1230. The Hall–Kier alpha value is -2.67. The molecule has 1 aromatic carbocycles. The molecule has 1 aliphatic heterocycles. The highest BCUT2D eigenvalue weighted by atomic mass is 35.5. The molecule has 0 saturated carbocycles. The summed E-state index contributed by atoms with van der Waals surface area (Å²) < 4.78 is 2.38. The number of rotatable bonds is 3. The fourth-order valence-electron chi connectivity index (χ4n) is 3.69. The highest BCUT2D eigenvalue weighted by Crippen LogP contribution is 2.32. The number of hydrogen-bond donors (Lipinski definition) is 1. The van der Waals surface area contributed by atoms with Gasteiger partial charge in [0.25, 0.3) is 5.56 Å². The van der Waals surface area contributed by atoms with Gasteiger partial charge in [0, 0.05) is 40.6 Å². The summed E-state index contributed by atoms with van der Waals surface area (Å²) in [6.07, 6.45) is 4.54. The molecule has 29 heavy (non-hydrogen) atoms. The lowest BCUT2D eigenvalue weighted by molar-refractivity contribution is 0.751. The van der Waals surface area contributed by atoms with Gasteiger partial charge in [-0.2, -0.15) is 0 Å². The van der Waals surface area contributed by atoms with Gasteiger partial charge in [0.1, 0.15) is 10.5 Å². The fourth-order valence-corrected chi connectivity index (χ4v) is 4.91. The van der Waals surface area contributed by atoms with Gasteiger partial charge in [-0.15, -0.1) is 11.3 Å². The van der Waals surface area contributed by atoms with Gasteiger partial charge in [0.05, 0.1) is 11.9 Å². The van der Waals surface area contributed by atoms with Crippen molar-refractivity contribution in [2.45, 2.75) is 12.5 Å². The van der Waals surface area contributed by atoms with E-state index in [1.807, 2.05) is 54.7 Å². The van der Waals surface area contributed by atoms with Crippen LogP contribution in [0.3, 0.4) is 0 Å². The molecule has 4 heterocycles. The normalized spacial score (nSPS) is 16.6. The summed E-state index contributed by atoms with van der Waals surface area (Å²) in [7, 11) is 0. The Balaban J connectivity index is 1.50. The summed E-state index contributed by atoms with van der Waals surface area (Å²) in [5.41, 5.74) is 7.76. The first-order valence-corrected chi connectivity index (χ1v) is 10.7. The van der Waals surface area contributed by atoms with Crippen molar-refractivity contribution in [2.24, 2.45) is 5.73 Å². The Morgan fingerprint density at radius 1 is 1.14 bits per heavy atom. The molecule has 146 valence electrons. The van der Waals surface area contributed by atoms with Gasteiger partial charge in [-0.1, -0.05) is 23.7 Å². The van der Waals surface area contributed by atoms with Gasteiger partial charge < -0.3 is 10.6 Å². The van der Waals surface area contributed by atoms with Crippen LogP contribution in [-0.2, 0) is 0 Å². The lowest BCUT2D eigenvalue weighted by Gasteiger charge is -2.17. The van der Waals surface area contributed by atoms with E-state index < -0.39 is 0 Å². The minimum atomic E-state index is -0.0366. The Morgan fingerprint density at radius 2 is 1.97 bits per heavy atom. The minimum Gasteiger partial charge on any atom is -0.355 e. The van der Waals surface area contributed by atoms with Crippen LogP contribution in [0.25, 0.3) is 26.2 Å². The van der Waals surface area contributed by atoms with E-state index in [1.165, 1.54) is 11.3 Å². The van der Waals surface area contributed by atoms with Crippen molar-refractivity contribution >= 4 is 38.8 Å². The van der Waals surface area contributed by atoms with Crippen LogP contribution in [0.2, 0.25) is 5.02 Å². The predicted molar refractivity (Wildman–Crippen MR) is 120 cm³/mol. The van der Waals surface area contributed by atoms with E-state index in [1.54, 1.807) is 10.8 Å². The predicted octanol–water partition coefficient (Wildman–Crippen LogP) is 4.31. The Kier molecular flexibility index (Phi) is 4.62. The van der Waals surface area contributed by atoms with Gasteiger partial charge >= 0.3 is 0 Å². The zero-order chi connectivity index (χ0) is 20.0. The van der Waals surface area contributed by atoms with Gasteiger partial charge in [-0.25, -0.2) is 4.98 Å². The summed E-state index contributed by atoms with van der Waals surface area (Å²) in [6.45, 7) is 1.74. The second kappa shape index (κ2) is 7.30. The number of nitrogens with zero attached hydrogens (tertiary/aromatic N) is 3. The summed E-state index contributed by atoms with van der Waals surface area (Å²) in [4.78, 5) is 20.9. The number of thiophene rings is 1. The number of aromatic nitrogens is 2. The van der Waals surface area contributed by atoms with Crippen molar-refractivity contribution in [2.75, 3.05) is 18.0 Å². The van der Waals surface area contributed by atoms with E-state index in [-0.39, 0.29) is 11.6 Å². The van der Waals surface area contributed by atoms with Crippen LogP contribution in [-0.4, -0.2) is 28.7 Å². The molecule has 4 aromatic rings. The summed E-state index contributed by atoms with van der Waals surface area (Å²) >= 11 is 7.48. The maximum absolute atomic E-state index is 13.1. The Labute approximate surface area is 177 Å². The standard InChI is InChI=1S/C22H19ClN4OS/c23-16-3-1-14(2-4-16)19-11-15-7-10-27(22(28)21(15)29-19)18-5-6-20(25-12-18)26-9-8-17(24)13-26/h1-7,10-12,17H,8-9,13,24H2. The Morgan fingerprint density at radius 3 is 2.66 bits per heavy atom. The lowest BCUT2D eigenvalue weighted by Crippen LogP contribution is -2.26. The van der Waals surface area contributed by atoms with Crippen molar-refractivity contribution in [3.63, 3.8) is 0 Å². The minimum absolute atomic E-state index is 0.0366. The average molecular weight is 423 g/mol. The third kappa shape index (κ3) is 3.44. The third-order valence-corrected chi connectivity index (χ3v) is 6.70. The average Bonchev–Trinajstić information content (AvgIpc) is 3.36. The molecule has 0 amide bonds. The molecule has 2 N–H and O–H groups in total. The fraction of sp³-hybridized carbons (Fsp3) is 0.182. The molecule has 1 saturated heterocycles. The molecule has 0 radical (unpaired) electrons. The second-order valence-electron chi connectivity index (χ2n) is 7.26. The molecular weight excluding hydrogens is 404 g/mol. The molecule has 5 nitrogen and oxygen atoms in total. The first-order valence-electron chi connectivity index (χ1n) is 9.46. The zero-order valence-electron chi connectivity index (χ0n) is 15.6. The molecule has 7 heteroatoms. The molecule has 5 rings (SSSR count). The van der Waals surface area contributed by atoms with Gasteiger partial charge in [0.2, 0.25) is 0 Å². The summed E-state index contributed by atoms with van der Waals surface area (Å²) in [5.74, 6) is 0.900. The monoisotopic (exact) mass is 422 g/mol. The molecule has 1 atom stereocenters. The summed E-state index contributed by atoms with van der Waals surface area (Å²) in [6, 6.07) is 15.8. The molecule has 0 spiro atoms. The maximum atomic E-state index is 13.1. The largest absolute Gasteiger partial charge is 0.355 e. The van der Waals surface area contributed by atoms with Crippen molar-refractivity contribution in [3.05, 3.63) is 76.3 Å². The first kappa shape index (κ1) is 18.4. The van der Waals surface area contributed by atoms with Crippen LogP contribution in [0.5, 0.6) is 0 Å². The molecule has 3 aromatic heterocycles. The number of anilines is 1. The van der Waals surface area contributed by atoms with E-state index in [4.69, 9.17) is 17.3 Å².